The fourth-order valence-corrected chi connectivity index (χ4v) is 3.17. The fourth-order valence-electron chi connectivity index (χ4n) is 3.17. The number of anilines is 1. The highest BCUT2D eigenvalue weighted by molar-refractivity contribution is 5.94. The van der Waals surface area contributed by atoms with Gasteiger partial charge in [0.15, 0.2) is 5.96 Å². The summed E-state index contributed by atoms with van der Waals surface area (Å²) in [6.07, 6.45) is 7.37. The van der Waals surface area contributed by atoms with E-state index < -0.39 is 0 Å². The van der Waals surface area contributed by atoms with Crippen molar-refractivity contribution in [1.82, 2.24) is 10.6 Å². The Kier molecular flexibility index (Phi) is 6.50. The highest BCUT2D eigenvalue weighted by Gasteiger charge is 2.44. The number of guanidine groups is 1. The number of hydrogen-bond donors (Lipinski definition) is 3. The molecule has 1 aliphatic carbocycles. The van der Waals surface area contributed by atoms with Crippen LogP contribution in [0.2, 0.25) is 0 Å². The number of hydrogen-bond acceptors (Lipinski definition) is 2. The summed E-state index contributed by atoms with van der Waals surface area (Å²) >= 11 is 0. The van der Waals surface area contributed by atoms with Crippen LogP contribution in [0.4, 0.5) is 10.1 Å². The van der Waals surface area contributed by atoms with Gasteiger partial charge >= 0.3 is 0 Å². The maximum Gasteiger partial charge on any atom is 0.246 e. The molecule has 150 valence electrons. The Labute approximate surface area is 170 Å². The lowest BCUT2D eigenvalue weighted by Crippen LogP contribution is -2.41. The van der Waals surface area contributed by atoms with Crippen LogP contribution in [0.1, 0.15) is 30.9 Å². The zero-order chi connectivity index (χ0) is 20.7. The number of carbonyl (C=O) groups excluding carboxylic acids is 1. The summed E-state index contributed by atoms with van der Waals surface area (Å²) in [5, 5.41) is 9.22. The highest BCUT2D eigenvalue weighted by Crippen LogP contribution is 2.47. The van der Waals surface area contributed by atoms with Gasteiger partial charge < -0.3 is 16.0 Å². The average Bonchev–Trinajstić information content (AvgIpc) is 3.51. The van der Waals surface area contributed by atoms with E-state index in [-0.39, 0.29) is 23.7 Å². The number of nitrogens with zero attached hydrogens (tertiary/aromatic N) is 1. The van der Waals surface area contributed by atoms with Crippen LogP contribution in [0.25, 0.3) is 0 Å². The Balaban J connectivity index is 1.58. The molecule has 5 nitrogen and oxygen atoms in total. The highest BCUT2D eigenvalue weighted by atomic mass is 19.1. The van der Waals surface area contributed by atoms with E-state index in [9.17, 15) is 9.18 Å². The summed E-state index contributed by atoms with van der Waals surface area (Å²) < 4.78 is 13.6. The summed E-state index contributed by atoms with van der Waals surface area (Å²) in [4.78, 5) is 16.6. The van der Waals surface area contributed by atoms with E-state index in [1.165, 1.54) is 6.07 Å². The lowest BCUT2D eigenvalue weighted by atomic mass is 9.96. The first kappa shape index (κ1) is 20.4. The Morgan fingerprint density at radius 1 is 1.21 bits per heavy atom. The Morgan fingerprint density at radius 2 is 2.00 bits per heavy atom. The quantitative estimate of drug-likeness (QED) is 0.386. The summed E-state index contributed by atoms with van der Waals surface area (Å²) in [7, 11) is 0. The van der Waals surface area contributed by atoms with E-state index in [0.717, 1.165) is 18.4 Å². The molecule has 2 aromatic carbocycles. The third-order valence-corrected chi connectivity index (χ3v) is 4.92. The second-order valence-electron chi connectivity index (χ2n) is 7.11. The van der Waals surface area contributed by atoms with Gasteiger partial charge in [0.1, 0.15) is 12.4 Å². The molecule has 0 bridgehead atoms. The number of nitrogens with one attached hydrogen (secondary N) is 3. The molecule has 1 fully saturated rings. The smallest absolute Gasteiger partial charge is 0.246 e. The number of terminal acetylenes is 1. The minimum Gasteiger partial charge on any atom is -0.357 e. The predicted octanol–water partition coefficient (Wildman–Crippen LogP) is 3.03. The van der Waals surface area contributed by atoms with E-state index in [2.05, 4.69) is 26.9 Å². The summed E-state index contributed by atoms with van der Waals surface area (Å²) in [6, 6.07) is 13.9. The summed E-state index contributed by atoms with van der Waals surface area (Å²) in [6.45, 7) is 3.24. The SMILES string of the molecule is C#Cc1cccc(NC(=O)CN=C(NCC)NCC2(c3cccc(F)c3)CC2)c1. The van der Waals surface area contributed by atoms with Crippen molar-refractivity contribution in [1.29, 1.82) is 0 Å². The molecule has 0 aliphatic heterocycles. The van der Waals surface area contributed by atoms with Crippen LogP contribution in [0, 0.1) is 18.2 Å². The number of amides is 1. The van der Waals surface area contributed by atoms with Crippen LogP contribution >= 0.6 is 0 Å². The van der Waals surface area contributed by atoms with Crippen molar-refractivity contribution < 1.29 is 9.18 Å². The Bertz CT molecular complexity index is 944. The zero-order valence-electron chi connectivity index (χ0n) is 16.5. The van der Waals surface area contributed by atoms with Crippen molar-refractivity contribution in [2.24, 2.45) is 4.99 Å². The average molecular weight is 392 g/mol. The van der Waals surface area contributed by atoms with Gasteiger partial charge in [-0.15, -0.1) is 6.42 Å². The molecule has 1 aliphatic rings. The molecule has 3 N–H and O–H groups in total. The molecule has 0 radical (unpaired) electrons. The van der Waals surface area contributed by atoms with Gasteiger partial charge in [-0.2, -0.15) is 0 Å². The van der Waals surface area contributed by atoms with Crippen molar-refractivity contribution >= 4 is 17.6 Å². The Hall–Kier alpha value is -3.33. The van der Waals surface area contributed by atoms with Gasteiger partial charge in [-0.1, -0.05) is 24.1 Å². The van der Waals surface area contributed by atoms with E-state index in [1.807, 2.05) is 13.0 Å². The second kappa shape index (κ2) is 9.24. The van der Waals surface area contributed by atoms with Crippen LogP contribution in [-0.2, 0) is 10.2 Å². The second-order valence-corrected chi connectivity index (χ2v) is 7.11. The molecule has 1 amide bonds. The fraction of sp³-hybridized carbons (Fsp3) is 0.304. The van der Waals surface area contributed by atoms with Gasteiger partial charge in [-0.05, 0) is 55.7 Å². The first-order chi connectivity index (χ1) is 14.0. The normalized spacial score (nSPS) is 14.6. The zero-order valence-corrected chi connectivity index (χ0v) is 16.5. The van der Waals surface area contributed by atoms with Crippen LogP contribution in [0.5, 0.6) is 0 Å². The van der Waals surface area contributed by atoms with Crippen LogP contribution in [0.15, 0.2) is 53.5 Å². The number of benzene rings is 2. The molecule has 3 rings (SSSR count). The molecule has 0 unspecified atom stereocenters. The largest absolute Gasteiger partial charge is 0.357 e. The van der Waals surface area contributed by atoms with E-state index in [0.29, 0.717) is 30.3 Å². The third kappa shape index (κ3) is 5.58. The summed E-state index contributed by atoms with van der Waals surface area (Å²) in [5.74, 6) is 2.64. The maximum absolute atomic E-state index is 13.6. The molecule has 0 spiro atoms. The third-order valence-electron chi connectivity index (χ3n) is 4.92. The van der Waals surface area contributed by atoms with Crippen molar-refractivity contribution in [2.75, 3.05) is 25.0 Å². The van der Waals surface area contributed by atoms with Crippen LogP contribution in [-0.4, -0.2) is 31.5 Å². The van der Waals surface area contributed by atoms with Crippen molar-refractivity contribution in [3.8, 4) is 12.3 Å². The van der Waals surface area contributed by atoms with Crippen molar-refractivity contribution in [2.45, 2.75) is 25.2 Å². The van der Waals surface area contributed by atoms with Gasteiger partial charge in [-0.3, -0.25) is 4.79 Å². The first-order valence-electron chi connectivity index (χ1n) is 9.69. The number of carbonyl (C=O) groups is 1. The van der Waals surface area contributed by atoms with Crippen molar-refractivity contribution in [3.05, 3.63) is 65.5 Å². The van der Waals surface area contributed by atoms with Gasteiger partial charge in [0.2, 0.25) is 5.91 Å². The molecule has 0 heterocycles. The topological polar surface area (TPSA) is 65.5 Å². The molecular formula is C23H25FN4O. The van der Waals surface area contributed by atoms with E-state index in [1.54, 1.807) is 36.4 Å². The van der Waals surface area contributed by atoms with Gasteiger partial charge in [0.25, 0.3) is 0 Å². The van der Waals surface area contributed by atoms with Crippen LogP contribution in [0.3, 0.4) is 0 Å². The monoisotopic (exact) mass is 392 g/mol. The Morgan fingerprint density at radius 3 is 2.69 bits per heavy atom. The van der Waals surface area contributed by atoms with E-state index >= 15 is 0 Å². The molecule has 6 heteroatoms. The summed E-state index contributed by atoms with van der Waals surface area (Å²) in [5.41, 5.74) is 2.26. The van der Waals surface area contributed by atoms with E-state index in [4.69, 9.17) is 6.42 Å². The van der Waals surface area contributed by atoms with Gasteiger partial charge in [0, 0.05) is 29.8 Å². The lowest BCUT2D eigenvalue weighted by molar-refractivity contribution is -0.114. The molecule has 0 saturated heterocycles. The molecule has 0 aromatic heterocycles. The standard InChI is InChI=1S/C23H25FN4O/c1-3-17-7-5-10-20(13-17)28-21(29)15-26-22(25-4-2)27-16-23(11-12-23)18-8-6-9-19(24)14-18/h1,5-10,13-14H,4,11-12,15-16H2,2H3,(H,28,29)(H2,25,26,27). The number of rotatable bonds is 7. The molecular weight excluding hydrogens is 367 g/mol. The molecule has 1 saturated carbocycles. The molecule has 2 aromatic rings. The minimum absolute atomic E-state index is 0.0252. The number of halogens is 1. The van der Waals surface area contributed by atoms with Crippen molar-refractivity contribution in [3.63, 3.8) is 0 Å². The van der Waals surface area contributed by atoms with Crippen LogP contribution < -0.4 is 16.0 Å². The lowest BCUT2D eigenvalue weighted by Gasteiger charge is -2.19. The molecule has 29 heavy (non-hydrogen) atoms. The van der Waals surface area contributed by atoms with Gasteiger partial charge in [0.05, 0.1) is 0 Å². The minimum atomic E-state index is -0.234. The number of aliphatic imine (C=N–C) groups is 1. The predicted molar refractivity (Wildman–Crippen MR) is 114 cm³/mol. The molecule has 0 atom stereocenters. The van der Waals surface area contributed by atoms with Gasteiger partial charge in [-0.25, -0.2) is 9.38 Å². The maximum atomic E-state index is 13.6. The first-order valence-corrected chi connectivity index (χ1v) is 9.69.